The van der Waals surface area contributed by atoms with Crippen LogP contribution in [0.25, 0.3) is 0 Å². The highest BCUT2D eigenvalue weighted by atomic mass is 32.2. The lowest BCUT2D eigenvalue weighted by atomic mass is 10.2. The van der Waals surface area contributed by atoms with Gasteiger partial charge in [-0.1, -0.05) is 0 Å². The number of hydrogen-bond acceptors (Lipinski definition) is 4. The van der Waals surface area contributed by atoms with Crippen molar-refractivity contribution in [2.45, 2.75) is 44.3 Å². The Balaban J connectivity index is 1.96. The van der Waals surface area contributed by atoms with Crippen LogP contribution in [0.3, 0.4) is 0 Å². The number of aromatic nitrogens is 2. The number of rotatable bonds is 3. The van der Waals surface area contributed by atoms with E-state index in [2.05, 4.69) is 12.2 Å². The number of hydrogen-bond donors (Lipinski definition) is 1. The first-order valence-electron chi connectivity index (χ1n) is 6.63. The molecule has 1 N–H and O–H groups in total. The molecule has 0 radical (unpaired) electrons. The maximum atomic E-state index is 4.81. The number of fused-ring (bicyclic) bond motifs is 1. The minimum absolute atomic E-state index is 0.540. The van der Waals surface area contributed by atoms with Crippen LogP contribution in [0.15, 0.2) is 0 Å². The van der Waals surface area contributed by atoms with E-state index in [1.165, 1.54) is 36.3 Å². The van der Waals surface area contributed by atoms with Crippen molar-refractivity contribution in [3.05, 3.63) is 17.1 Å². The summed E-state index contributed by atoms with van der Waals surface area (Å²) in [6, 6.07) is 0. The summed E-state index contributed by atoms with van der Waals surface area (Å²) in [5, 5.41) is 3.95. The van der Waals surface area contributed by atoms with Crippen LogP contribution in [0.4, 0.5) is 5.82 Å². The lowest BCUT2D eigenvalue weighted by Gasteiger charge is -2.13. The van der Waals surface area contributed by atoms with Gasteiger partial charge in [0.15, 0.2) is 0 Å². The van der Waals surface area contributed by atoms with Gasteiger partial charge in [0.2, 0.25) is 0 Å². The van der Waals surface area contributed by atoms with Gasteiger partial charge in [-0.05, 0) is 44.8 Å². The molecule has 2 heterocycles. The number of anilines is 1. The highest BCUT2D eigenvalue weighted by Gasteiger charge is 2.25. The summed E-state index contributed by atoms with van der Waals surface area (Å²) in [7, 11) is 0. The van der Waals surface area contributed by atoms with Crippen molar-refractivity contribution in [2.24, 2.45) is 0 Å². The van der Waals surface area contributed by atoms with Gasteiger partial charge in [0.25, 0.3) is 0 Å². The summed E-state index contributed by atoms with van der Waals surface area (Å²) in [4.78, 5) is 9.58. The van der Waals surface area contributed by atoms with E-state index in [-0.39, 0.29) is 0 Å². The summed E-state index contributed by atoms with van der Waals surface area (Å²) in [5.74, 6) is 3.45. The summed E-state index contributed by atoms with van der Waals surface area (Å²) < 4.78 is 0. The largest absolute Gasteiger partial charge is 0.370 e. The molecule has 17 heavy (non-hydrogen) atoms. The average molecular weight is 249 g/mol. The lowest BCUT2D eigenvalue weighted by molar-refractivity contribution is 0.767. The molecule has 0 aromatic carbocycles. The van der Waals surface area contributed by atoms with Gasteiger partial charge in [-0.15, -0.1) is 0 Å². The van der Waals surface area contributed by atoms with Crippen LogP contribution < -0.4 is 5.32 Å². The van der Waals surface area contributed by atoms with Crippen LogP contribution in [0.2, 0.25) is 0 Å². The third kappa shape index (κ3) is 2.15. The van der Waals surface area contributed by atoms with Gasteiger partial charge in [-0.2, -0.15) is 11.8 Å². The molecule has 3 rings (SSSR count). The zero-order valence-electron chi connectivity index (χ0n) is 10.3. The monoisotopic (exact) mass is 249 g/mol. The molecule has 92 valence electrons. The first-order chi connectivity index (χ1) is 8.38. The Kier molecular flexibility index (Phi) is 3.23. The van der Waals surface area contributed by atoms with Crippen molar-refractivity contribution < 1.29 is 0 Å². The minimum Gasteiger partial charge on any atom is -0.370 e. The molecule has 2 aliphatic rings. The number of thioether (sulfide) groups is 1. The summed E-state index contributed by atoms with van der Waals surface area (Å²) in [5.41, 5.74) is 2.68. The molecular weight excluding hydrogens is 230 g/mol. The Morgan fingerprint density at radius 3 is 3.00 bits per heavy atom. The van der Waals surface area contributed by atoms with E-state index in [0.717, 1.165) is 31.0 Å². The molecule has 1 aliphatic heterocycles. The second-order valence-corrected chi connectivity index (χ2v) is 6.05. The Morgan fingerprint density at radius 2 is 2.24 bits per heavy atom. The summed E-state index contributed by atoms with van der Waals surface area (Å²) >= 11 is 2.01. The molecule has 1 unspecified atom stereocenters. The second kappa shape index (κ2) is 4.84. The van der Waals surface area contributed by atoms with Crippen molar-refractivity contribution in [3.8, 4) is 0 Å². The van der Waals surface area contributed by atoms with Crippen LogP contribution in [0.5, 0.6) is 0 Å². The van der Waals surface area contributed by atoms with E-state index in [1.54, 1.807) is 0 Å². The predicted octanol–water partition coefficient (Wildman–Crippen LogP) is 2.97. The maximum Gasteiger partial charge on any atom is 0.143 e. The molecule has 1 aromatic rings. The van der Waals surface area contributed by atoms with Crippen molar-refractivity contribution in [3.63, 3.8) is 0 Å². The van der Waals surface area contributed by atoms with Crippen molar-refractivity contribution >= 4 is 17.6 Å². The van der Waals surface area contributed by atoms with Gasteiger partial charge >= 0.3 is 0 Å². The lowest BCUT2D eigenvalue weighted by Crippen LogP contribution is -2.09. The molecule has 1 atom stereocenters. The average Bonchev–Trinajstić information content (AvgIpc) is 3.00. The molecule has 4 heteroatoms. The molecular formula is C13H19N3S. The van der Waals surface area contributed by atoms with Crippen LogP contribution in [-0.2, 0) is 12.8 Å². The Morgan fingerprint density at radius 1 is 1.29 bits per heavy atom. The van der Waals surface area contributed by atoms with E-state index >= 15 is 0 Å². The summed E-state index contributed by atoms with van der Waals surface area (Å²) in [6.45, 7) is 3.08. The van der Waals surface area contributed by atoms with Crippen LogP contribution >= 0.6 is 11.8 Å². The van der Waals surface area contributed by atoms with Crippen molar-refractivity contribution in [1.29, 1.82) is 0 Å². The number of aryl methyl sites for hydroxylation is 1. The van der Waals surface area contributed by atoms with Crippen molar-refractivity contribution in [2.75, 3.05) is 17.6 Å². The van der Waals surface area contributed by atoms with Gasteiger partial charge in [0, 0.05) is 17.8 Å². The standard InChI is InChI=1S/C13H19N3S/c1-2-14-12-9-5-3-6-10(9)15-13(16-12)11-7-4-8-17-11/h11H,2-8H2,1H3,(H,14,15,16). The fourth-order valence-corrected chi connectivity index (χ4v) is 3.90. The first kappa shape index (κ1) is 11.3. The van der Waals surface area contributed by atoms with Gasteiger partial charge < -0.3 is 5.32 Å². The second-order valence-electron chi connectivity index (χ2n) is 4.74. The quantitative estimate of drug-likeness (QED) is 0.893. The Hall–Kier alpha value is -0.770. The van der Waals surface area contributed by atoms with Crippen molar-refractivity contribution in [1.82, 2.24) is 9.97 Å². The van der Waals surface area contributed by atoms with E-state index in [4.69, 9.17) is 9.97 Å². The highest BCUT2D eigenvalue weighted by molar-refractivity contribution is 7.99. The fraction of sp³-hybridized carbons (Fsp3) is 0.692. The van der Waals surface area contributed by atoms with E-state index < -0.39 is 0 Å². The topological polar surface area (TPSA) is 37.8 Å². The SMILES string of the molecule is CCNc1nc(C2CCCS2)nc2c1CCC2. The molecule has 1 aromatic heterocycles. The molecule has 0 amide bonds. The number of nitrogens with one attached hydrogen (secondary N) is 1. The highest BCUT2D eigenvalue weighted by Crippen LogP contribution is 2.39. The van der Waals surface area contributed by atoms with Gasteiger partial charge in [-0.25, -0.2) is 9.97 Å². The zero-order chi connectivity index (χ0) is 11.7. The number of nitrogens with zero attached hydrogens (tertiary/aromatic N) is 2. The van der Waals surface area contributed by atoms with E-state index in [9.17, 15) is 0 Å². The molecule has 0 spiro atoms. The first-order valence-corrected chi connectivity index (χ1v) is 7.68. The third-order valence-electron chi connectivity index (χ3n) is 3.51. The van der Waals surface area contributed by atoms with E-state index in [0.29, 0.717) is 5.25 Å². The molecule has 1 fully saturated rings. The Bertz CT molecular complexity index is 413. The van der Waals surface area contributed by atoms with Crippen LogP contribution in [0.1, 0.15) is 48.5 Å². The maximum absolute atomic E-state index is 4.81. The zero-order valence-corrected chi connectivity index (χ0v) is 11.1. The molecule has 1 saturated heterocycles. The normalized spacial score (nSPS) is 22.8. The molecule has 0 bridgehead atoms. The van der Waals surface area contributed by atoms with Crippen LogP contribution in [0, 0.1) is 0 Å². The van der Waals surface area contributed by atoms with Gasteiger partial charge in [0.1, 0.15) is 11.6 Å². The molecule has 3 nitrogen and oxygen atoms in total. The Labute approximate surface area is 107 Å². The van der Waals surface area contributed by atoms with Gasteiger partial charge in [-0.3, -0.25) is 0 Å². The fourth-order valence-electron chi connectivity index (χ4n) is 2.69. The third-order valence-corrected chi connectivity index (χ3v) is 4.89. The van der Waals surface area contributed by atoms with E-state index in [1.807, 2.05) is 11.8 Å². The minimum atomic E-state index is 0.540. The predicted molar refractivity (Wildman–Crippen MR) is 72.7 cm³/mol. The van der Waals surface area contributed by atoms with Crippen LogP contribution in [-0.4, -0.2) is 22.3 Å². The molecule has 0 saturated carbocycles. The summed E-state index contributed by atoms with van der Waals surface area (Å²) in [6.07, 6.45) is 6.08. The molecule has 1 aliphatic carbocycles. The smallest absolute Gasteiger partial charge is 0.143 e. The van der Waals surface area contributed by atoms with Gasteiger partial charge in [0.05, 0.1) is 5.25 Å².